The van der Waals surface area contributed by atoms with E-state index in [-0.39, 0.29) is 11.8 Å². The average molecular weight is 368 g/mol. The van der Waals surface area contributed by atoms with Crippen LogP contribution in [0.15, 0.2) is 24.3 Å². The molecule has 1 N–H and O–H groups in total. The number of ether oxygens (including phenoxy) is 1. The van der Waals surface area contributed by atoms with Gasteiger partial charge in [-0.3, -0.25) is 9.59 Å². The second kappa shape index (κ2) is 7.06. The molecule has 142 valence electrons. The molecule has 0 saturated carbocycles. The number of methoxy groups -OCH3 is 1. The number of hydrogen-bond acceptors (Lipinski definition) is 4. The molecule has 3 heterocycles. The number of nitrogens with zero attached hydrogens (tertiary/aromatic N) is 3. The van der Waals surface area contributed by atoms with Gasteiger partial charge in [0, 0.05) is 31.5 Å². The van der Waals surface area contributed by atoms with E-state index in [0.29, 0.717) is 32.5 Å². The standard InChI is InChI=1S/C20H24N4O3/c1-13(24-9-4-7-18(24)25)20(26)23-10-8-16-17(12-23)22-19(21-16)14-5-3-6-15(11-14)27-2/h3,5-6,11,13H,4,7-10,12H2,1-2H3,(H,21,22)/t13-/m1/s1. The fourth-order valence-electron chi connectivity index (χ4n) is 3.87. The van der Waals surface area contributed by atoms with Gasteiger partial charge < -0.3 is 19.5 Å². The number of carbonyl (C=O) groups excluding carboxylic acids is 2. The van der Waals surface area contributed by atoms with Crippen molar-refractivity contribution in [3.63, 3.8) is 0 Å². The highest BCUT2D eigenvalue weighted by Crippen LogP contribution is 2.26. The van der Waals surface area contributed by atoms with E-state index >= 15 is 0 Å². The third-order valence-electron chi connectivity index (χ3n) is 5.42. The van der Waals surface area contributed by atoms with Gasteiger partial charge in [-0.15, -0.1) is 0 Å². The Balaban J connectivity index is 1.50. The van der Waals surface area contributed by atoms with Crippen molar-refractivity contribution >= 4 is 11.8 Å². The van der Waals surface area contributed by atoms with Crippen LogP contribution in [-0.2, 0) is 22.6 Å². The third kappa shape index (κ3) is 3.29. The van der Waals surface area contributed by atoms with Crippen LogP contribution in [0.2, 0.25) is 0 Å². The smallest absolute Gasteiger partial charge is 0.245 e. The SMILES string of the molecule is COc1cccc(-c2nc3c([nH]2)CN(C(=O)[C@@H](C)N2CCCC2=O)CC3)c1. The molecule has 4 rings (SSSR count). The lowest BCUT2D eigenvalue weighted by atomic mass is 10.1. The third-order valence-corrected chi connectivity index (χ3v) is 5.42. The molecule has 1 aromatic carbocycles. The second-order valence-corrected chi connectivity index (χ2v) is 7.12. The lowest BCUT2D eigenvalue weighted by Crippen LogP contribution is -2.49. The number of carbonyl (C=O) groups is 2. The van der Waals surface area contributed by atoms with Crippen LogP contribution in [0.5, 0.6) is 5.75 Å². The summed E-state index contributed by atoms with van der Waals surface area (Å²) < 4.78 is 5.28. The van der Waals surface area contributed by atoms with Crippen molar-refractivity contribution in [1.29, 1.82) is 0 Å². The highest BCUT2D eigenvalue weighted by atomic mass is 16.5. The van der Waals surface area contributed by atoms with Crippen molar-refractivity contribution in [2.24, 2.45) is 0 Å². The Morgan fingerprint density at radius 3 is 2.89 bits per heavy atom. The monoisotopic (exact) mass is 368 g/mol. The topological polar surface area (TPSA) is 78.5 Å². The van der Waals surface area contributed by atoms with E-state index in [1.807, 2.05) is 36.1 Å². The van der Waals surface area contributed by atoms with Crippen molar-refractivity contribution < 1.29 is 14.3 Å². The van der Waals surface area contributed by atoms with Gasteiger partial charge in [-0.05, 0) is 25.5 Å². The summed E-state index contributed by atoms with van der Waals surface area (Å²) in [7, 11) is 1.64. The number of likely N-dealkylation sites (tertiary alicyclic amines) is 1. The number of imidazole rings is 1. The summed E-state index contributed by atoms with van der Waals surface area (Å²) in [4.78, 5) is 36.4. The van der Waals surface area contributed by atoms with Gasteiger partial charge in [0.15, 0.2) is 0 Å². The fraction of sp³-hybridized carbons (Fsp3) is 0.450. The zero-order valence-corrected chi connectivity index (χ0v) is 15.7. The Kier molecular flexibility index (Phi) is 4.59. The van der Waals surface area contributed by atoms with E-state index in [9.17, 15) is 9.59 Å². The number of nitrogens with one attached hydrogen (secondary N) is 1. The average Bonchev–Trinajstić information content (AvgIpc) is 3.32. The molecule has 0 unspecified atom stereocenters. The Hall–Kier alpha value is -2.83. The van der Waals surface area contributed by atoms with E-state index in [1.54, 1.807) is 12.0 Å². The summed E-state index contributed by atoms with van der Waals surface area (Å²) in [6, 6.07) is 7.35. The first kappa shape index (κ1) is 17.6. The molecule has 1 saturated heterocycles. The van der Waals surface area contributed by atoms with E-state index in [0.717, 1.165) is 34.9 Å². The maximum Gasteiger partial charge on any atom is 0.245 e. The molecule has 1 atom stereocenters. The molecular weight excluding hydrogens is 344 g/mol. The highest BCUT2D eigenvalue weighted by Gasteiger charge is 2.33. The van der Waals surface area contributed by atoms with Gasteiger partial charge in [0.2, 0.25) is 11.8 Å². The van der Waals surface area contributed by atoms with Crippen molar-refractivity contribution in [1.82, 2.24) is 19.8 Å². The predicted octanol–water partition coefficient (Wildman–Crippen LogP) is 1.98. The van der Waals surface area contributed by atoms with Crippen LogP contribution in [0, 0.1) is 0 Å². The van der Waals surface area contributed by atoms with Crippen molar-refractivity contribution in [3.8, 4) is 17.1 Å². The minimum Gasteiger partial charge on any atom is -0.497 e. The summed E-state index contributed by atoms with van der Waals surface area (Å²) in [6.07, 6.45) is 2.10. The van der Waals surface area contributed by atoms with E-state index in [4.69, 9.17) is 9.72 Å². The zero-order chi connectivity index (χ0) is 19.0. The van der Waals surface area contributed by atoms with Crippen LogP contribution in [0.25, 0.3) is 11.4 Å². The van der Waals surface area contributed by atoms with Gasteiger partial charge in [0.1, 0.15) is 17.6 Å². The summed E-state index contributed by atoms with van der Waals surface area (Å²) in [5, 5.41) is 0. The van der Waals surface area contributed by atoms with Gasteiger partial charge in [-0.2, -0.15) is 0 Å². The summed E-state index contributed by atoms with van der Waals surface area (Å²) in [5.41, 5.74) is 2.92. The Labute approximate surface area is 158 Å². The molecule has 2 aliphatic rings. The van der Waals surface area contributed by atoms with Gasteiger partial charge in [-0.1, -0.05) is 12.1 Å². The fourth-order valence-corrected chi connectivity index (χ4v) is 3.87. The summed E-state index contributed by atoms with van der Waals surface area (Å²) in [5.74, 6) is 1.66. The van der Waals surface area contributed by atoms with E-state index < -0.39 is 6.04 Å². The van der Waals surface area contributed by atoms with Crippen LogP contribution in [-0.4, -0.2) is 57.8 Å². The molecule has 1 fully saturated rings. The second-order valence-electron chi connectivity index (χ2n) is 7.12. The number of amides is 2. The van der Waals surface area contributed by atoms with Gasteiger partial charge in [0.05, 0.1) is 25.0 Å². The van der Waals surface area contributed by atoms with Gasteiger partial charge >= 0.3 is 0 Å². The Bertz CT molecular complexity index is 876. The number of aromatic nitrogens is 2. The molecule has 0 radical (unpaired) electrons. The van der Waals surface area contributed by atoms with Crippen LogP contribution in [0.4, 0.5) is 0 Å². The van der Waals surface area contributed by atoms with Crippen molar-refractivity contribution in [2.45, 2.75) is 38.8 Å². The molecule has 7 nitrogen and oxygen atoms in total. The van der Waals surface area contributed by atoms with Crippen molar-refractivity contribution in [2.75, 3.05) is 20.2 Å². The van der Waals surface area contributed by atoms with Crippen LogP contribution >= 0.6 is 0 Å². The number of fused-ring (bicyclic) bond motifs is 1. The maximum absolute atomic E-state index is 12.9. The molecule has 0 bridgehead atoms. The van der Waals surface area contributed by atoms with Crippen LogP contribution < -0.4 is 4.74 Å². The number of H-pyrrole nitrogens is 1. The normalized spacial score (nSPS) is 17.8. The van der Waals surface area contributed by atoms with Crippen LogP contribution in [0.1, 0.15) is 31.2 Å². The lowest BCUT2D eigenvalue weighted by Gasteiger charge is -2.32. The first-order chi connectivity index (χ1) is 13.1. The molecule has 1 aromatic heterocycles. The first-order valence-electron chi connectivity index (χ1n) is 9.37. The molecular formula is C20H24N4O3. The number of hydrogen-bond donors (Lipinski definition) is 1. The molecule has 2 aliphatic heterocycles. The highest BCUT2D eigenvalue weighted by molar-refractivity contribution is 5.88. The number of benzene rings is 1. The Morgan fingerprint density at radius 1 is 1.30 bits per heavy atom. The quantitative estimate of drug-likeness (QED) is 0.895. The molecule has 0 aliphatic carbocycles. The van der Waals surface area contributed by atoms with Gasteiger partial charge in [-0.25, -0.2) is 4.98 Å². The largest absolute Gasteiger partial charge is 0.497 e. The molecule has 7 heteroatoms. The Morgan fingerprint density at radius 2 is 2.15 bits per heavy atom. The first-order valence-corrected chi connectivity index (χ1v) is 9.37. The number of aromatic amines is 1. The summed E-state index contributed by atoms with van der Waals surface area (Å²) >= 11 is 0. The van der Waals surface area contributed by atoms with Crippen molar-refractivity contribution in [3.05, 3.63) is 35.7 Å². The lowest BCUT2D eigenvalue weighted by molar-refractivity contribution is -0.143. The maximum atomic E-state index is 12.9. The predicted molar refractivity (Wildman–Crippen MR) is 100 cm³/mol. The molecule has 2 amide bonds. The van der Waals surface area contributed by atoms with E-state index in [2.05, 4.69) is 4.98 Å². The minimum atomic E-state index is -0.401. The minimum absolute atomic E-state index is 0.00781. The van der Waals surface area contributed by atoms with E-state index in [1.165, 1.54) is 0 Å². The zero-order valence-electron chi connectivity index (χ0n) is 15.7. The number of rotatable bonds is 4. The molecule has 2 aromatic rings. The molecule has 0 spiro atoms. The molecule has 27 heavy (non-hydrogen) atoms. The summed E-state index contributed by atoms with van der Waals surface area (Å²) in [6.45, 7) is 3.63. The van der Waals surface area contributed by atoms with Crippen LogP contribution in [0.3, 0.4) is 0 Å². The van der Waals surface area contributed by atoms with Gasteiger partial charge in [0.25, 0.3) is 0 Å².